The van der Waals surface area contributed by atoms with Gasteiger partial charge in [-0.1, -0.05) is 78.9 Å². The molecule has 400 valence electrons. The van der Waals surface area contributed by atoms with Crippen LogP contribution in [-0.2, 0) is 34.0 Å². The molecule has 4 aliphatic rings. The predicted molar refractivity (Wildman–Crippen MR) is 310 cm³/mol. The number of nitrogens with zero attached hydrogens (tertiary/aromatic N) is 5. The van der Waals surface area contributed by atoms with E-state index in [2.05, 4.69) is 17.1 Å². The Kier molecular flexibility index (Phi) is 14.0. The van der Waals surface area contributed by atoms with Gasteiger partial charge < -0.3 is 38.0 Å². The van der Waals surface area contributed by atoms with E-state index in [1.165, 1.54) is 50.5 Å². The highest BCUT2D eigenvalue weighted by atomic mass is 16.5. The van der Waals surface area contributed by atoms with Crippen LogP contribution in [0.2, 0.25) is 0 Å². The second-order valence-electron chi connectivity index (χ2n) is 19.3. The summed E-state index contributed by atoms with van der Waals surface area (Å²) in [6.45, 7) is -0.808. The average Bonchev–Trinajstić information content (AvgIpc) is 4.52. The van der Waals surface area contributed by atoms with E-state index in [0.717, 1.165) is 55.7 Å². The lowest BCUT2D eigenvalue weighted by Crippen LogP contribution is -2.25. The first-order valence-electron chi connectivity index (χ1n) is 26.0. The van der Waals surface area contributed by atoms with E-state index in [1.54, 1.807) is 84.9 Å². The van der Waals surface area contributed by atoms with Crippen molar-refractivity contribution in [1.29, 1.82) is 0 Å². The molecule has 4 aromatic heterocycles. The van der Waals surface area contributed by atoms with Gasteiger partial charge in [-0.2, -0.15) is 0 Å². The number of phenols is 1. The molecule has 2 N–H and O–H groups in total. The van der Waals surface area contributed by atoms with Gasteiger partial charge in [0.05, 0.1) is 22.8 Å². The number of aromatic amines is 1. The summed E-state index contributed by atoms with van der Waals surface area (Å²) in [5.74, 6) is -0.897. The van der Waals surface area contributed by atoms with Crippen molar-refractivity contribution in [2.75, 3.05) is 0 Å². The molecule has 3 aliphatic heterocycles. The minimum absolute atomic E-state index is 0.0984. The van der Waals surface area contributed by atoms with E-state index >= 15 is 0 Å². The number of allylic oxidation sites excluding steroid dienone is 10. The number of aliphatic imine (C=N–C) groups is 2. The quantitative estimate of drug-likeness (QED) is 0.0826. The lowest BCUT2D eigenvalue weighted by atomic mass is 9.91. The van der Waals surface area contributed by atoms with Gasteiger partial charge >= 0.3 is 17.9 Å². The first-order chi connectivity index (χ1) is 40.0. The number of carbonyl (C=O) groups is 3. The van der Waals surface area contributed by atoms with Crippen molar-refractivity contribution in [3.05, 3.63) is 306 Å². The van der Waals surface area contributed by atoms with Crippen molar-refractivity contribution in [2.24, 2.45) is 9.98 Å². The van der Waals surface area contributed by atoms with Gasteiger partial charge in [-0.25, -0.2) is 24.4 Å². The van der Waals surface area contributed by atoms with Crippen LogP contribution < -0.4 is 30.9 Å². The molecule has 7 heterocycles. The number of carbonyl (C=O) groups excluding carboxylic acids is 3. The van der Waals surface area contributed by atoms with E-state index in [1.807, 2.05) is 85.0 Å². The number of benzene rings is 4. The molecule has 12 rings (SSSR count). The topological polar surface area (TPSA) is 206 Å². The molecule has 0 saturated carbocycles. The molecule has 8 aromatic rings. The zero-order chi connectivity index (χ0) is 56.3. The van der Waals surface area contributed by atoms with Crippen LogP contribution in [0.3, 0.4) is 0 Å². The van der Waals surface area contributed by atoms with Gasteiger partial charge in [-0.3, -0.25) is 14.4 Å². The van der Waals surface area contributed by atoms with Crippen molar-refractivity contribution < 1.29 is 33.7 Å². The molecule has 82 heavy (non-hydrogen) atoms. The van der Waals surface area contributed by atoms with Gasteiger partial charge in [0.1, 0.15) is 42.6 Å². The Morgan fingerprint density at radius 1 is 0.415 bits per heavy atom. The number of pyridine rings is 3. The summed E-state index contributed by atoms with van der Waals surface area (Å²) >= 11 is 0. The SMILES string of the molecule is O=C(Cn1ccccc1=O)Oc1ccc(C2=C3C=CC(=C(c4ccc(OC(=O)Cn5ccccc5=O)cc4)C4=NC(=C(c5ccc(OC(=O)Cn6ccccc6=O)cc5)c5ccc([nH]5)C(c5ccc(O)cc5)=C5C=CC2=N5)C=C4)C3)cc1. The third kappa shape index (κ3) is 10.9. The third-order valence-electron chi connectivity index (χ3n) is 13.9. The number of aromatic hydroxyl groups is 1. The van der Waals surface area contributed by atoms with Gasteiger partial charge in [-0.05, 0) is 143 Å². The molecule has 1 aliphatic carbocycles. The fourth-order valence-electron chi connectivity index (χ4n) is 10.1. The maximum atomic E-state index is 13.1. The second-order valence-corrected chi connectivity index (χ2v) is 19.3. The monoisotopic (exact) mass is 1080 g/mol. The van der Waals surface area contributed by atoms with Gasteiger partial charge in [0, 0.05) is 70.5 Å². The summed E-state index contributed by atoms with van der Waals surface area (Å²) in [5, 5.41) is 10.4. The highest BCUT2D eigenvalue weighted by Gasteiger charge is 2.27. The summed E-state index contributed by atoms with van der Waals surface area (Å²) in [6, 6.07) is 46.1. The fraction of sp³-hybridized carbons (Fsp3) is 0.0606. The van der Waals surface area contributed by atoms with Crippen LogP contribution >= 0.6 is 0 Å². The van der Waals surface area contributed by atoms with E-state index in [0.29, 0.717) is 40.6 Å². The highest BCUT2D eigenvalue weighted by Crippen LogP contribution is 2.42. The Balaban J connectivity index is 0.976. The first-order valence-corrected chi connectivity index (χ1v) is 26.0. The molecule has 16 heteroatoms. The van der Waals surface area contributed by atoms with Crippen molar-refractivity contribution in [2.45, 2.75) is 26.1 Å². The number of aromatic nitrogens is 4. The van der Waals surface area contributed by atoms with Gasteiger partial charge in [0.25, 0.3) is 16.7 Å². The van der Waals surface area contributed by atoms with Crippen LogP contribution in [0.25, 0.3) is 22.3 Å². The van der Waals surface area contributed by atoms with Gasteiger partial charge in [0.15, 0.2) is 0 Å². The minimum atomic E-state index is -0.616. The Morgan fingerprint density at radius 2 is 0.756 bits per heavy atom. The zero-order valence-corrected chi connectivity index (χ0v) is 43.5. The second kappa shape index (κ2) is 22.2. The number of hydrogen-bond acceptors (Lipinski definition) is 12. The molecule has 0 unspecified atom stereocenters. The van der Waals surface area contributed by atoms with Crippen molar-refractivity contribution in [1.82, 2.24) is 18.7 Å². The summed E-state index contributed by atoms with van der Waals surface area (Å²) in [7, 11) is 0. The molecule has 0 fully saturated rings. The fourth-order valence-corrected chi connectivity index (χ4v) is 10.1. The van der Waals surface area contributed by atoms with E-state index in [-0.39, 0.29) is 59.3 Å². The number of nitrogens with one attached hydrogen (secondary N) is 1. The largest absolute Gasteiger partial charge is 0.508 e. The Hall–Kier alpha value is -11.3. The number of fused-ring (bicyclic) bond motifs is 6. The third-order valence-corrected chi connectivity index (χ3v) is 13.9. The molecular formula is C66H46N6O10. The Labute approximate surface area is 467 Å². The molecular weight excluding hydrogens is 1040 g/mol. The van der Waals surface area contributed by atoms with Crippen LogP contribution in [0.1, 0.15) is 40.1 Å². The molecule has 0 saturated heterocycles. The van der Waals surface area contributed by atoms with Crippen LogP contribution in [0.4, 0.5) is 0 Å². The van der Waals surface area contributed by atoms with Crippen molar-refractivity contribution in [3.63, 3.8) is 0 Å². The maximum absolute atomic E-state index is 13.1. The highest BCUT2D eigenvalue weighted by molar-refractivity contribution is 6.34. The number of rotatable bonds is 13. The van der Waals surface area contributed by atoms with Crippen LogP contribution in [0, 0.1) is 0 Å². The zero-order valence-electron chi connectivity index (χ0n) is 43.5. The normalized spacial score (nSPS) is 14.3. The van der Waals surface area contributed by atoms with Gasteiger partial charge in [-0.15, -0.1) is 0 Å². The molecule has 0 atom stereocenters. The number of phenolic OH excluding ortho intramolecular Hbond substituents is 1. The predicted octanol–water partition coefficient (Wildman–Crippen LogP) is 9.44. The van der Waals surface area contributed by atoms with Crippen LogP contribution in [0.15, 0.2) is 266 Å². The molecule has 8 bridgehead atoms. The Morgan fingerprint density at radius 3 is 1.11 bits per heavy atom. The van der Waals surface area contributed by atoms with E-state index in [9.17, 15) is 33.9 Å². The van der Waals surface area contributed by atoms with E-state index in [4.69, 9.17) is 24.2 Å². The number of esters is 3. The standard InChI is InChI=1S/C66H46N6O10/c73-47-20-12-43(13-21-47)65-53-30-28-51(67-53)63(41-14-22-48(23-15-41)80-60(77)38-70-34-4-1-7-57(70)74)45-10-11-46(37-45)64(42-16-24-49(25-17-42)81-61(78)39-71-35-5-2-8-58(71)75)52-29-31-54(68-52)66(56-33-32-55(65)69-56)44-18-26-50(27-19-44)82-62(79)40-72-36-6-3-9-59(72)76/h1-36,69,73H,37-40H2. The Bertz CT molecular complexity index is 4400. The van der Waals surface area contributed by atoms with Crippen LogP contribution in [-0.4, -0.2) is 53.1 Å². The first kappa shape index (κ1) is 51.5. The number of hydrogen-bond donors (Lipinski definition) is 2. The summed E-state index contributed by atoms with van der Waals surface area (Å²) < 4.78 is 20.9. The van der Waals surface area contributed by atoms with Crippen LogP contribution in [0.5, 0.6) is 23.0 Å². The lowest BCUT2D eigenvalue weighted by Gasteiger charge is -2.15. The van der Waals surface area contributed by atoms with Gasteiger partial charge in [0.2, 0.25) is 0 Å². The lowest BCUT2D eigenvalue weighted by molar-refractivity contribution is -0.136. The summed E-state index contributed by atoms with van der Waals surface area (Å²) in [6.07, 6.45) is 16.9. The maximum Gasteiger partial charge on any atom is 0.331 e. The molecule has 0 spiro atoms. The van der Waals surface area contributed by atoms with E-state index < -0.39 is 17.9 Å². The summed E-state index contributed by atoms with van der Waals surface area (Å²) in [4.78, 5) is 90.7. The van der Waals surface area contributed by atoms with Crippen molar-refractivity contribution in [3.8, 4) is 23.0 Å². The number of ether oxygens (including phenoxy) is 3. The minimum Gasteiger partial charge on any atom is -0.508 e. The molecule has 16 nitrogen and oxygen atoms in total. The molecule has 0 amide bonds. The van der Waals surface area contributed by atoms with Crippen molar-refractivity contribution >= 4 is 51.6 Å². The summed E-state index contributed by atoms with van der Waals surface area (Å²) in [5.41, 5.74) is 10.9. The molecule has 4 aromatic carbocycles. The average molecular weight is 1080 g/mol. The number of H-pyrrole nitrogens is 1. The smallest absolute Gasteiger partial charge is 0.331 e. The molecule has 0 radical (unpaired) electrons.